The molecule has 5 atom stereocenters. The van der Waals surface area contributed by atoms with Gasteiger partial charge < -0.3 is 5.32 Å². The lowest BCUT2D eigenvalue weighted by atomic mass is 9.83. The van der Waals surface area contributed by atoms with Crippen LogP contribution in [0.15, 0.2) is 12.2 Å². The Morgan fingerprint density at radius 3 is 2.76 bits per heavy atom. The molecule has 1 N–H and O–H groups in total. The maximum Gasteiger partial charge on any atom is 0.00698 e. The first kappa shape index (κ1) is 11.8. The summed E-state index contributed by atoms with van der Waals surface area (Å²) in [5.74, 6) is 3.80. The summed E-state index contributed by atoms with van der Waals surface area (Å²) in [6, 6.07) is 0.830. The summed E-state index contributed by atoms with van der Waals surface area (Å²) in [5.41, 5.74) is 0. The zero-order valence-corrected chi connectivity index (χ0v) is 11.2. The van der Waals surface area contributed by atoms with Gasteiger partial charge in [0.1, 0.15) is 0 Å². The van der Waals surface area contributed by atoms with Gasteiger partial charge in [0.2, 0.25) is 0 Å². The van der Waals surface area contributed by atoms with Crippen LogP contribution in [-0.2, 0) is 0 Å². The molecular weight excluding hydrogens is 206 g/mol. The van der Waals surface area contributed by atoms with E-state index in [0.717, 1.165) is 29.7 Å². The van der Waals surface area contributed by atoms with Crippen LogP contribution in [0.5, 0.6) is 0 Å². The molecule has 0 aliphatic heterocycles. The molecule has 2 saturated carbocycles. The topological polar surface area (TPSA) is 12.0 Å². The van der Waals surface area contributed by atoms with E-state index >= 15 is 0 Å². The van der Waals surface area contributed by atoms with E-state index in [9.17, 15) is 0 Å². The van der Waals surface area contributed by atoms with Crippen LogP contribution in [-0.4, -0.2) is 12.6 Å². The normalized spacial score (nSPS) is 44.4. The van der Waals surface area contributed by atoms with Crippen LogP contribution in [0.25, 0.3) is 0 Å². The molecule has 3 aliphatic rings. The van der Waals surface area contributed by atoms with Crippen molar-refractivity contribution in [2.45, 2.75) is 57.9 Å². The summed E-state index contributed by atoms with van der Waals surface area (Å²) in [4.78, 5) is 0. The van der Waals surface area contributed by atoms with Crippen LogP contribution in [0.2, 0.25) is 0 Å². The number of hydrogen-bond donors (Lipinski definition) is 1. The highest BCUT2D eigenvalue weighted by Crippen LogP contribution is 2.43. The molecule has 0 saturated heterocycles. The quantitative estimate of drug-likeness (QED) is 0.729. The van der Waals surface area contributed by atoms with Gasteiger partial charge in [0, 0.05) is 6.04 Å². The molecule has 0 aromatic rings. The highest BCUT2D eigenvalue weighted by molar-refractivity contribution is 5.10. The van der Waals surface area contributed by atoms with Crippen LogP contribution in [0.4, 0.5) is 0 Å². The molecule has 1 nitrogen and oxygen atoms in total. The zero-order chi connectivity index (χ0) is 11.7. The van der Waals surface area contributed by atoms with Crippen LogP contribution in [0.3, 0.4) is 0 Å². The van der Waals surface area contributed by atoms with Crippen molar-refractivity contribution in [3.63, 3.8) is 0 Å². The highest BCUT2D eigenvalue weighted by atomic mass is 14.9. The Morgan fingerprint density at radius 2 is 2.06 bits per heavy atom. The number of allylic oxidation sites excluding steroid dienone is 2. The van der Waals surface area contributed by atoms with Crippen LogP contribution in [0.1, 0.15) is 51.9 Å². The summed E-state index contributed by atoms with van der Waals surface area (Å²) >= 11 is 0. The van der Waals surface area contributed by atoms with Crippen molar-refractivity contribution in [3.8, 4) is 0 Å². The van der Waals surface area contributed by atoms with Crippen molar-refractivity contribution in [3.05, 3.63) is 12.2 Å². The summed E-state index contributed by atoms with van der Waals surface area (Å²) in [5, 5.41) is 3.88. The van der Waals surface area contributed by atoms with Gasteiger partial charge in [-0.05, 0) is 55.9 Å². The van der Waals surface area contributed by atoms with E-state index < -0.39 is 0 Å². The van der Waals surface area contributed by atoms with Crippen molar-refractivity contribution in [1.82, 2.24) is 5.32 Å². The minimum Gasteiger partial charge on any atom is -0.314 e. The molecule has 0 aromatic heterocycles. The van der Waals surface area contributed by atoms with Gasteiger partial charge >= 0.3 is 0 Å². The lowest BCUT2D eigenvalue weighted by Crippen LogP contribution is -2.37. The second kappa shape index (κ2) is 5.14. The van der Waals surface area contributed by atoms with E-state index in [1.165, 1.54) is 51.5 Å². The van der Waals surface area contributed by atoms with Gasteiger partial charge in [0.15, 0.2) is 0 Å². The third kappa shape index (κ3) is 2.59. The lowest BCUT2D eigenvalue weighted by Gasteiger charge is -2.31. The number of nitrogens with one attached hydrogen (secondary N) is 1. The minimum absolute atomic E-state index is 0.830. The van der Waals surface area contributed by atoms with Crippen LogP contribution in [0, 0.1) is 23.7 Å². The fourth-order valence-corrected chi connectivity index (χ4v) is 4.29. The van der Waals surface area contributed by atoms with Crippen LogP contribution < -0.4 is 5.32 Å². The SMILES string of the molecule is CCC1CCCC(NCC2CC3C=CC2C3)C1. The monoisotopic (exact) mass is 233 g/mol. The summed E-state index contributed by atoms with van der Waals surface area (Å²) in [6.45, 7) is 3.64. The predicted octanol–water partition coefficient (Wildman–Crippen LogP) is 3.76. The smallest absolute Gasteiger partial charge is 0.00698 e. The highest BCUT2D eigenvalue weighted by Gasteiger charge is 2.35. The van der Waals surface area contributed by atoms with E-state index in [-0.39, 0.29) is 0 Å². The van der Waals surface area contributed by atoms with E-state index in [4.69, 9.17) is 0 Å². The molecule has 17 heavy (non-hydrogen) atoms. The van der Waals surface area contributed by atoms with Gasteiger partial charge in [-0.15, -0.1) is 0 Å². The first-order chi connectivity index (χ1) is 8.35. The third-order valence-corrected chi connectivity index (χ3v) is 5.45. The second-order valence-electron chi connectivity index (χ2n) is 6.59. The molecule has 3 aliphatic carbocycles. The Balaban J connectivity index is 1.43. The van der Waals surface area contributed by atoms with Gasteiger partial charge in [0.25, 0.3) is 0 Å². The first-order valence-electron chi connectivity index (χ1n) is 7.77. The van der Waals surface area contributed by atoms with Crippen molar-refractivity contribution in [1.29, 1.82) is 0 Å². The average Bonchev–Trinajstić information content (AvgIpc) is 2.99. The minimum atomic E-state index is 0.830. The van der Waals surface area contributed by atoms with Gasteiger partial charge in [-0.25, -0.2) is 0 Å². The Kier molecular flexibility index (Phi) is 3.56. The molecule has 2 fully saturated rings. The largest absolute Gasteiger partial charge is 0.314 e. The third-order valence-electron chi connectivity index (χ3n) is 5.45. The Labute approximate surface area is 106 Å². The standard InChI is InChI=1S/C16H27N/c1-2-12-4-3-5-16(10-12)17-11-15-9-13-6-7-14(15)8-13/h6-7,12-17H,2-5,8-11H2,1H3. The van der Waals surface area contributed by atoms with E-state index in [0.29, 0.717) is 0 Å². The molecule has 0 spiro atoms. The Hall–Kier alpha value is -0.300. The van der Waals surface area contributed by atoms with Crippen molar-refractivity contribution in [2.24, 2.45) is 23.7 Å². The van der Waals surface area contributed by atoms with Gasteiger partial charge in [-0.1, -0.05) is 38.3 Å². The predicted molar refractivity (Wildman–Crippen MR) is 72.9 cm³/mol. The molecule has 2 bridgehead atoms. The Bertz CT molecular complexity index is 283. The molecule has 0 amide bonds. The van der Waals surface area contributed by atoms with E-state index in [2.05, 4.69) is 24.4 Å². The molecule has 1 heteroatoms. The molecular formula is C16H27N. The molecule has 3 rings (SSSR count). The summed E-state index contributed by atoms with van der Waals surface area (Å²) in [7, 11) is 0. The molecule has 0 aromatic carbocycles. The molecule has 0 radical (unpaired) electrons. The number of rotatable bonds is 4. The van der Waals surface area contributed by atoms with Gasteiger partial charge in [-0.2, -0.15) is 0 Å². The maximum absolute atomic E-state index is 3.88. The molecule has 0 heterocycles. The fraction of sp³-hybridized carbons (Fsp3) is 0.875. The van der Waals surface area contributed by atoms with Gasteiger partial charge in [-0.3, -0.25) is 0 Å². The van der Waals surface area contributed by atoms with Crippen LogP contribution >= 0.6 is 0 Å². The average molecular weight is 233 g/mol. The summed E-state index contributed by atoms with van der Waals surface area (Å²) < 4.78 is 0. The number of hydrogen-bond acceptors (Lipinski definition) is 1. The molecule has 5 unspecified atom stereocenters. The zero-order valence-electron chi connectivity index (χ0n) is 11.2. The molecule has 96 valence electrons. The van der Waals surface area contributed by atoms with E-state index in [1.807, 2.05) is 0 Å². The second-order valence-corrected chi connectivity index (χ2v) is 6.59. The van der Waals surface area contributed by atoms with E-state index in [1.54, 1.807) is 0 Å². The van der Waals surface area contributed by atoms with Crippen molar-refractivity contribution < 1.29 is 0 Å². The lowest BCUT2D eigenvalue weighted by molar-refractivity contribution is 0.263. The Morgan fingerprint density at radius 1 is 1.12 bits per heavy atom. The number of fused-ring (bicyclic) bond motifs is 2. The van der Waals surface area contributed by atoms with Crippen molar-refractivity contribution >= 4 is 0 Å². The fourth-order valence-electron chi connectivity index (χ4n) is 4.29. The van der Waals surface area contributed by atoms with Gasteiger partial charge in [0.05, 0.1) is 0 Å². The van der Waals surface area contributed by atoms with Crippen molar-refractivity contribution in [2.75, 3.05) is 6.54 Å². The summed E-state index contributed by atoms with van der Waals surface area (Å²) in [6.07, 6.45) is 15.0. The first-order valence-corrected chi connectivity index (χ1v) is 7.77. The maximum atomic E-state index is 3.88.